The predicted molar refractivity (Wildman–Crippen MR) is 65.2 cm³/mol. The quantitative estimate of drug-likeness (QED) is 0.806. The summed E-state index contributed by atoms with van der Waals surface area (Å²) in [4.78, 5) is 23.5. The van der Waals surface area contributed by atoms with E-state index < -0.39 is 11.9 Å². The third-order valence-electron chi connectivity index (χ3n) is 2.88. The van der Waals surface area contributed by atoms with E-state index in [0.717, 1.165) is 4.68 Å². The SMILES string of the molecule is O=C1C=Cc2c(nnn2C(=O)c2ccccc2)C1O. The third kappa shape index (κ3) is 1.78. The molecule has 1 heterocycles. The maximum Gasteiger partial charge on any atom is 0.280 e. The van der Waals surface area contributed by atoms with E-state index in [1.807, 2.05) is 0 Å². The minimum atomic E-state index is -1.35. The van der Waals surface area contributed by atoms with Crippen LogP contribution in [0.1, 0.15) is 27.8 Å². The standard InChI is InChI=1S/C13H9N3O3/c17-10-7-6-9-11(12(10)18)14-15-16(9)13(19)8-4-2-1-3-5-8/h1-7,12,18H. The molecule has 19 heavy (non-hydrogen) atoms. The Hall–Kier alpha value is -2.60. The lowest BCUT2D eigenvalue weighted by atomic mass is 10.0. The fraction of sp³-hybridized carbons (Fsp3) is 0.0769. The van der Waals surface area contributed by atoms with Crippen LogP contribution in [0.3, 0.4) is 0 Å². The van der Waals surface area contributed by atoms with E-state index >= 15 is 0 Å². The van der Waals surface area contributed by atoms with Crippen molar-refractivity contribution in [3.05, 3.63) is 53.4 Å². The molecule has 6 heteroatoms. The highest BCUT2D eigenvalue weighted by Gasteiger charge is 2.29. The van der Waals surface area contributed by atoms with Crippen molar-refractivity contribution in [2.45, 2.75) is 6.10 Å². The Morgan fingerprint density at radius 3 is 2.68 bits per heavy atom. The van der Waals surface area contributed by atoms with Crippen LogP contribution in [0, 0.1) is 0 Å². The van der Waals surface area contributed by atoms with Crippen molar-refractivity contribution in [2.75, 3.05) is 0 Å². The molecule has 1 aliphatic carbocycles. The van der Waals surface area contributed by atoms with Gasteiger partial charge in [-0.05, 0) is 24.3 Å². The van der Waals surface area contributed by atoms with Crippen molar-refractivity contribution >= 4 is 17.8 Å². The number of rotatable bonds is 1. The summed E-state index contributed by atoms with van der Waals surface area (Å²) in [6, 6.07) is 8.60. The maximum atomic E-state index is 12.2. The zero-order valence-electron chi connectivity index (χ0n) is 9.72. The molecule has 1 unspecified atom stereocenters. The molecule has 0 bridgehead atoms. The topological polar surface area (TPSA) is 85.1 Å². The van der Waals surface area contributed by atoms with Gasteiger partial charge in [0.2, 0.25) is 0 Å². The number of aliphatic hydroxyl groups excluding tert-OH is 1. The van der Waals surface area contributed by atoms with Crippen molar-refractivity contribution in [1.82, 2.24) is 15.0 Å². The minimum absolute atomic E-state index is 0.108. The molecule has 2 aromatic rings. The molecule has 1 atom stereocenters. The van der Waals surface area contributed by atoms with Gasteiger partial charge in [-0.2, -0.15) is 4.68 Å². The molecule has 0 aliphatic heterocycles. The summed E-state index contributed by atoms with van der Waals surface area (Å²) in [5, 5.41) is 17.1. The van der Waals surface area contributed by atoms with Gasteiger partial charge in [-0.25, -0.2) is 0 Å². The number of hydrogen-bond donors (Lipinski definition) is 1. The van der Waals surface area contributed by atoms with E-state index in [2.05, 4.69) is 10.3 Å². The summed E-state index contributed by atoms with van der Waals surface area (Å²) in [6.45, 7) is 0. The molecule has 94 valence electrons. The van der Waals surface area contributed by atoms with Crippen LogP contribution in [-0.4, -0.2) is 31.8 Å². The molecular weight excluding hydrogens is 246 g/mol. The predicted octanol–water partition coefficient (Wildman–Crippen LogP) is 0.596. The van der Waals surface area contributed by atoms with Crippen molar-refractivity contribution in [3.63, 3.8) is 0 Å². The number of ketones is 1. The lowest BCUT2D eigenvalue weighted by Gasteiger charge is -2.10. The summed E-state index contributed by atoms with van der Waals surface area (Å²) < 4.78 is 1.08. The Labute approximate surface area is 108 Å². The monoisotopic (exact) mass is 255 g/mol. The normalized spacial score (nSPS) is 17.3. The number of aromatic nitrogens is 3. The summed E-state index contributed by atoms with van der Waals surface area (Å²) >= 11 is 0. The second-order valence-corrected chi connectivity index (χ2v) is 4.08. The summed E-state index contributed by atoms with van der Waals surface area (Å²) in [6.07, 6.45) is 1.30. The van der Waals surface area contributed by atoms with Gasteiger partial charge >= 0.3 is 0 Å². The maximum absolute atomic E-state index is 12.2. The molecule has 0 radical (unpaired) electrons. The molecule has 0 saturated carbocycles. The van der Waals surface area contributed by atoms with Gasteiger partial charge < -0.3 is 5.11 Å². The number of aliphatic hydroxyl groups is 1. The number of carbonyl (C=O) groups excluding carboxylic acids is 2. The largest absolute Gasteiger partial charge is 0.378 e. The molecule has 0 saturated heterocycles. The summed E-state index contributed by atoms with van der Waals surface area (Å²) in [7, 11) is 0. The van der Waals surface area contributed by atoms with Crippen LogP contribution in [0.4, 0.5) is 0 Å². The molecule has 1 aromatic carbocycles. The highest BCUT2D eigenvalue weighted by molar-refractivity contribution is 6.02. The van der Waals surface area contributed by atoms with Crippen LogP contribution in [0.25, 0.3) is 6.08 Å². The van der Waals surface area contributed by atoms with Gasteiger partial charge in [0.05, 0.1) is 5.69 Å². The summed E-state index contributed by atoms with van der Waals surface area (Å²) in [5.74, 6) is -0.827. The number of hydrogen-bond acceptors (Lipinski definition) is 5. The van der Waals surface area contributed by atoms with Gasteiger partial charge in [0, 0.05) is 5.56 Å². The number of nitrogens with zero attached hydrogens (tertiary/aromatic N) is 3. The lowest BCUT2D eigenvalue weighted by Crippen LogP contribution is -2.19. The van der Waals surface area contributed by atoms with E-state index in [-0.39, 0.29) is 11.6 Å². The van der Waals surface area contributed by atoms with Crippen LogP contribution in [-0.2, 0) is 4.79 Å². The number of fused-ring (bicyclic) bond motifs is 1. The second-order valence-electron chi connectivity index (χ2n) is 4.08. The molecule has 6 nitrogen and oxygen atoms in total. The zero-order chi connectivity index (χ0) is 13.4. The molecule has 3 rings (SSSR count). The molecular formula is C13H9N3O3. The van der Waals surface area contributed by atoms with Crippen molar-refractivity contribution in [2.24, 2.45) is 0 Å². The first-order chi connectivity index (χ1) is 9.18. The fourth-order valence-electron chi connectivity index (χ4n) is 1.89. The van der Waals surface area contributed by atoms with Crippen molar-refractivity contribution in [1.29, 1.82) is 0 Å². The van der Waals surface area contributed by atoms with Crippen LogP contribution >= 0.6 is 0 Å². The Balaban J connectivity index is 2.06. The van der Waals surface area contributed by atoms with Gasteiger partial charge in [0.15, 0.2) is 11.9 Å². The zero-order valence-corrected chi connectivity index (χ0v) is 9.72. The molecule has 1 N–H and O–H groups in total. The lowest BCUT2D eigenvalue weighted by molar-refractivity contribution is -0.122. The Kier molecular flexibility index (Phi) is 2.57. The minimum Gasteiger partial charge on any atom is -0.378 e. The first-order valence-corrected chi connectivity index (χ1v) is 5.64. The Morgan fingerprint density at radius 1 is 1.21 bits per heavy atom. The van der Waals surface area contributed by atoms with Crippen LogP contribution in [0.5, 0.6) is 0 Å². The first kappa shape index (κ1) is 11.5. The van der Waals surface area contributed by atoms with Crippen LogP contribution in [0.15, 0.2) is 36.4 Å². The molecule has 0 spiro atoms. The number of benzene rings is 1. The smallest absolute Gasteiger partial charge is 0.280 e. The van der Waals surface area contributed by atoms with Gasteiger partial charge in [-0.15, -0.1) is 5.10 Å². The van der Waals surface area contributed by atoms with Gasteiger partial charge in [-0.3, -0.25) is 9.59 Å². The fourth-order valence-corrected chi connectivity index (χ4v) is 1.89. The second kappa shape index (κ2) is 4.25. The molecule has 0 amide bonds. The average Bonchev–Trinajstić information content (AvgIpc) is 2.87. The molecule has 1 aromatic heterocycles. The van der Waals surface area contributed by atoms with Crippen LogP contribution < -0.4 is 0 Å². The van der Waals surface area contributed by atoms with Crippen molar-refractivity contribution in [3.8, 4) is 0 Å². The Morgan fingerprint density at radius 2 is 1.95 bits per heavy atom. The first-order valence-electron chi connectivity index (χ1n) is 5.64. The van der Waals surface area contributed by atoms with Gasteiger partial charge in [-0.1, -0.05) is 23.4 Å². The third-order valence-corrected chi connectivity index (χ3v) is 2.88. The van der Waals surface area contributed by atoms with Gasteiger partial charge in [0.1, 0.15) is 5.69 Å². The average molecular weight is 255 g/mol. The highest BCUT2D eigenvalue weighted by atomic mass is 16.3. The van der Waals surface area contributed by atoms with Gasteiger partial charge in [0.25, 0.3) is 5.91 Å². The van der Waals surface area contributed by atoms with E-state index in [4.69, 9.17) is 0 Å². The van der Waals surface area contributed by atoms with Crippen molar-refractivity contribution < 1.29 is 14.7 Å². The Bertz CT molecular complexity index is 688. The van der Waals surface area contributed by atoms with E-state index in [1.54, 1.807) is 30.3 Å². The van der Waals surface area contributed by atoms with E-state index in [0.29, 0.717) is 11.3 Å². The summed E-state index contributed by atoms with van der Waals surface area (Å²) in [5.41, 5.74) is 0.896. The molecule has 0 fully saturated rings. The van der Waals surface area contributed by atoms with Crippen LogP contribution in [0.2, 0.25) is 0 Å². The van der Waals surface area contributed by atoms with E-state index in [9.17, 15) is 14.7 Å². The number of carbonyl (C=O) groups is 2. The highest BCUT2D eigenvalue weighted by Crippen LogP contribution is 2.23. The molecule has 1 aliphatic rings. The van der Waals surface area contributed by atoms with E-state index in [1.165, 1.54) is 12.2 Å².